The van der Waals surface area contributed by atoms with Crippen LogP contribution in [0, 0.1) is 11.7 Å². The Kier molecular flexibility index (Phi) is 3.53. The lowest BCUT2D eigenvalue weighted by Crippen LogP contribution is -2.28. The van der Waals surface area contributed by atoms with Gasteiger partial charge in [0.1, 0.15) is 5.69 Å². The molecule has 2 heterocycles. The summed E-state index contributed by atoms with van der Waals surface area (Å²) in [6, 6.07) is 5.77. The summed E-state index contributed by atoms with van der Waals surface area (Å²) in [5.41, 5.74) is 8.84. The van der Waals surface area contributed by atoms with Gasteiger partial charge in [0.25, 0.3) is 11.3 Å². The third-order valence-corrected chi connectivity index (χ3v) is 3.83. The molecule has 0 unspecified atom stereocenters. The molecule has 22 heavy (non-hydrogen) atoms. The first-order valence-electron chi connectivity index (χ1n) is 6.93. The highest BCUT2D eigenvalue weighted by atomic mass is 32.1. The van der Waals surface area contributed by atoms with E-state index in [1.165, 1.54) is 4.52 Å². The van der Waals surface area contributed by atoms with E-state index in [2.05, 4.69) is 15.3 Å². The van der Waals surface area contributed by atoms with Crippen LogP contribution < -0.4 is 11.3 Å². The maximum atomic E-state index is 12.6. The second-order valence-electron chi connectivity index (χ2n) is 5.12. The molecule has 0 aliphatic rings. The van der Waals surface area contributed by atoms with Gasteiger partial charge in [-0.25, -0.2) is 5.10 Å². The average Bonchev–Trinajstić information content (AvgIpc) is 2.84. The molecule has 0 saturated heterocycles. The molecular weight excluding hydrogens is 300 g/mol. The van der Waals surface area contributed by atoms with E-state index in [-0.39, 0.29) is 5.56 Å². The smallest absolute Gasteiger partial charge is 0.277 e. The minimum atomic E-state index is -0.177. The number of H-pyrrole nitrogens is 1. The van der Waals surface area contributed by atoms with Gasteiger partial charge in [-0.15, -0.1) is 5.10 Å². The lowest BCUT2D eigenvalue weighted by Gasteiger charge is -2.09. The molecule has 3 N–H and O–H groups in total. The summed E-state index contributed by atoms with van der Waals surface area (Å²) in [6.45, 7) is 4.34. The van der Waals surface area contributed by atoms with Crippen molar-refractivity contribution < 1.29 is 0 Å². The Morgan fingerprint density at radius 2 is 2.18 bits per heavy atom. The molecule has 2 aromatic heterocycles. The lowest BCUT2D eigenvalue weighted by atomic mass is 10.1. The van der Waals surface area contributed by atoms with Crippen LogP contribution in [0.15, 0.2) is 23.0 Å². The third-order valence-electron chi connectivity index (χ3n) is 3.56. The third kappa shape index (κ3) is 2.31. The maximum Gasteiger partial charge on any atom is 0.277 e. The highest BCUT2D eigenvalue weighted by Crippen LogP contribution is 2.16. The van der Waals surface area contributed by atoms with Crippen LogP contribution in [-0.4, -0.2) is 24.4 Å². The van der Waals surface area contributed by atoms with Crippen LogP contribution in [0.5, 0.6) is 0 Å². The van der Waals surface area contributed by atoms with Crippen molar-refractivity contribution in [1.29, 1.82) is 0 Å². The largest absolute Gasteiger partial charge is 0.398 e. The lowest BCUT2D eigenvalue weighted by molar-refractivity contribution is 0.671. The highest BCUT2D eigenvalue weighted by Gasteiger charge is 2.14. The van der Waals surface area contributed by atoms with Gasteiger partial charge in [-0.3, -0.25) is 9.36 Å². The van der Waals surface area contributed by atoms with Gasteiger partial charge in [0.15, 0.2) is 0 Å². The summed E-state index contributed by atoms with van der Waals surface area (Å²) in [5, 5.41) is 11.0. The summed E-state index contributed by atoms with van der Waals surface area (Å²) >= 11 is 5.15. The molecular formula is C14H16N6OS. The Hall–Kier alpha value is -2.48. The maximum absolute atomic E-state index is 12.6. The fourth-order valence-corrected chi connectivity index (χ4v) is 2.58. The van der Waals surface area contributed by atoms with Gasteiger partial charge in [0, 0.05) is 18.7 Å². The topological polar surface area (TPSA) is 94.0 Å². The second-order valence-corrected chi connectivity index (χ2v) is 5.50. The number of anilines is 1. The number of hydrogen-bond donors (Lipinski definition) is 2. The first kappa shape index (κ1) is 14.5. The Bertz CT molecular complexity index is 968. The molecule has 0 spiro atoms. The van der Waals surface area contributed by atoms with Crippen molar-refractivity contribution in [3.05, 3.63) is 50.1 Å². The van der Waals surface area contributed by atoms with E-state index in [1.807, 2.05) is 32.0 Å². The van der Waals surface area contributed by atoms with Crippen molar-refractivity contribution in [2.75, 3.05) is 5.73 Å². The molecule has 0 bridgehead atoms. The van der Waals surface area contributed by atoms with E-state index < -0.39 is 0 Å². The number of nitrogens with one attached hydrogen (secondary N) is 1. The second kappa shape index (κ2) is 5.38. The summed E-state index contributed by atoms with van der Waals surface area (Å²) < 4.78 is 3.37. The van der Waals surface area contributed by atoms with Crippen LogP contribution in [0.4, 0.5) is 5.69 Å². The first-order valence-corrected chi connectivity index (χ1v) is 7.34. The molecule has 3 rings (SSSR count). The Labute approximate surface area is 131 Å². The molecule has 3 aromatic rings. The number of aromatic nitrogens is 5. The van der Waals surface area contributed by atoms with Gasteiger partial charge in [-0.05, 0) is 43.3 Å². The zero-order chi connectivity index (χ0) is 15.9. The van der Waals surface area contributed by atoms with Crippen LogP contribution >= 0.6 is 12.2 Å². The first-order chi connectivity index (χ1) is 10.5. The summed E-state index contributed by atoms with van der Waals surface area (Å²) in [4.78, 5) is 12.6. The molecule has 7 nitrogen and oxygen atoms in total. The van der Waals surface area contributed by atoms with Crippen molar-refractivity contribution >= 4 is 23.7 Å². The molecule has 0 amide bonds. The molecule has 114 valence electrons. The fourth-order valence-electron chi connectivity index (χ4n) is 2.41. The van der Waals surface area contributed by atoms with Crippen LogP contribution in [-0.2, 0) is 13.0 Å². The molecule has 0 aliphatic heterocycles. The van der Waals surface area contributed by atoms with Gasteiger partial charge < -0.3 is 5.73 Å². The van der Waals surface area contributed by atoms with Gasteiger partial charge in [0.05, 0.1) is 0 Å². The number of rotatable bonds is 3. The molecule has 0 aliphatic carbocycles. The quantitative estimate of drug-likeness (QED) is 0.563. The fraction of sp³-hybridized carbons (Fsp3) is 0.286. The highest BCUT2D eigenvalue weighted by molar-refractivity contribution is 7.71. The van der Waals surface area contributed by atoms with Crippen LogP contribution in [0.1, 0.15) is 23.7 Å². The predicted molar refractivity (Wildman–Crippen MR) is 86.5 cm³/mol. The van der Waals surface area contributed by atoms with Crippen LogP contribution in [0.2, 0.25) is 0 Å². The number of nitrogens with zero attached hydrogens (tertiary/aromatic N) is 4. The van der Waals surface area contributed by atoms with Gasteiger partial charge in [-0.2, -0.15) is 9.61 Å². The monoisotopic (exact) mass is 316 g/mol. The number of aromatic amines is 1. The van der Waals surface area contributed by atoms with E-state index >= 15 is 0 Å². The zero-order valence-corrected chi connectivity index (χ0v) is 13.1. The van der Waals surface area contributed by atoms with Gasteiger partial charge in [-0.1, -0.05) is 12.1 Å². The Balaban J connectivity index is 2.18. The molecule has 0 saturated carbocycles. The minimum absolute atomic E-state index is 0.177. The normalized spacial score (nSPS) is 11.2. The van der Waals surface area contributed by atoms with Gasteiger partial charge in [0.2, 0.25) is 4.77 Å². The Morgan fingerprint density at radius 3 is 2.86 bits per heavy atom. The van der Waals surface area contributed by atoms with E-state index in [9.17, 15) is 4.79 Å². The van der Waals surface area contributed by atoms with Crippen LogP contribution in [0.3, 0.4) is 0 Å². The number of hydrogen-bond acceptors (Lipinski definition) is 5. The SMILES string of the molecule is CCn1c(=O)c(Cc2ccc(C)cc2N)nn2c(=S)[nH]nc12. The standard InChI is InChI=1S/C14H16N6OS/c1-3-19-12(21)11(18-20-13(19)16-17-14(20)22)7-9-5-4-8(2)6-10(9)15/h4-6H,3,7,15H2,1-2H3,(H,17,22). The van der Waals surface area contributed by atoms with Crippen molar-refractivity contribution in [3.63, 3.8) is 0 Å². The van der Waals surface area contributed by atoms with Gasteiger partial charge >= 0.3 is 0 Å². The Morgan fingerprint density at radius 1 is 1.41 bits per heavy atom. The van der Waals surface area contributed by atoms with Crippen molar-refractivity contribution in [3.8, 4) is 0 Å². The van der Waals surface area contributed by atoms with Crippen molar-refractivity contribution in [2.45, 2.75) is 26.8 Å². The molecule has 0 fully saturated rings. The number of benzene rings is 1. The van der Waals surface area contributed by atoms with E-state index in [0.717, 1.165) is 11.1 Å². The van der Waals surface area contributed by atoms with E-state index in [1.54, 1.807) is 4.57 Å². The average molecular weight is 316 g/mol. The molecule has 0 atom stereocenters. The van der Waals surface area contributed by atoms with E-state index in [0.29, 0.717) is 34.9 Å². The predicted octanol–water partition coefficient (Wildman–Crippen LogP) is 1.45. The summed E-state index contributed by atoms with van der Waals surface area (Å²) in [7, 11) is 0. The van der Waals surface area contributed by atoms with Crippen LogP contribution in [0.25, 0.3) is 5.78 Å². The number of fused-ring (bicyclic) bond motifs is 1. The minimum Gasteiger partial charge on any atom is -0.398 e. The van der Waals surface area contributed by atoms with E-state index in [4.69, 9.17) is 18.0 Å². The zero-order valence-electron chi connectivity index (χ0n) is 12.3. The molecule has 8 heteroatoms. The number of aryl methyl sites for hydroxylation is 2. The van der Waals surface area contributed by atoms with Crippen molar-refractivity contribution in [1.82, 2.24) is 24.4 Å². The van der Waals surface area contributed by atoms with Crippen molar-refractivity contribution in [2.24, 2.45) is 0 Å². The number of nitrogens with two attached hydrogens (primary N) is 1. The summed E-state index contributed by atoms with van der Waals surface area (Å²) in [6.07, 6.45) is 0.355. The summed E-state index contributed by atoms with van der Waals surface area (Å²) in [5.74, 6) is 0.415. The molecule has 1 aromatic carbocycles. The molecule has 0 radical (unpaired) electrons. The number of nitrogen functional groups attached to an aromatic ring is 1.